The topological polar surface area (TPSA) is 41.3 Å². The third-order valence-corrected chi connectivity index (χ3v) is 2.65. The first-order valence-electron chi connectivity index (χ1n) is 4.11. The van der Waals surface area contributed by atoms with Crippen LogP contribution in [0.25, 0.3) is 0 Å². The lowest BCUT2D eigenvalue weighted by Crippen LogP contribution is -2.40. The molecule has 1 atom stereocenters. The average molecular weight is 230 g/mol. The fraction of sp³-hybridized carbons (Fsp3) is 0.111. The van der Waals surface area contributed by atoms with Crippen molar-refractivity contribution in [1.82, 2.24) is 5.43 Å². The summed E-state index contributed by atoms with van der Waals surface area (Å²) in [5, 5.41) is 2.87. The van der Waals surface area contributed by atoms with Crippen LogP contribution < -0.4 is 16.2 Å². The smallest absolute Gasteiger partial charge is 0.0936 e. The van der Waals surface area contributed by atoms with Crippen LogP contribution in [0.5, 0.6) is 0 Å². The van der Waals surface area contributed by atoms with E-state index >= 15 is 0 Å². The van der Waals surface area contributed by atoms with Gasteiger partial charge in [0.2, 0.25) is 0 Å². The van der Waals surface area contributed by atoms with Crippen molar-refractivity contribution in [2.45, 2.75) is 6.17 Å². The normalized spacial score (nSPS) is 20.5. The van der Waals surface area contributed by atoms with Crippen molar-refractivity contribution in [1.29, 1.82) is 0 Å². The van der Waals surface area contributed by atoms with E-state index in [2.05, 4.69) is 5.43 Å². The van der Waals surface area contributed by atoms with Crippen molar-refractivity contribution in [2.75, 3.05) is 5.01 Å². The number of hydrazine groups is 1. The largest absolute Gasteiger partial charge is 0.311 e. The lowest BCUT2D eigenvalue weighted by Gasteiger charge is -2.18. The summed E-state index contributed by atoms with van der Waals surface area (Å²) in [5.74, 6) is 0. The number of anilines is 1. The first kappa shape index (κ1) is 9.80. The Labute approximate surface area is 92.1 Å². The SMILES string of the molecule is NC1C=CN(c2ccc(Cl)c(Cl)c2)N1. The quantitative estimate of drug-likeness (QED) is 0.776. The van der Waals surface area contributed by atoms with Gasteiger partial charge in [0.05, 0.1) is 21.9 Å². The molecule has 0 amide bonds. The molecule has 5 heteroatoms. The Balaban J connectivity index is 2.25. The van der Waals surface area contributed by atoms with Gasteiger partial charge in [-0.05, 0) is 24.3 Å². The molecule has 1 aliphatic heterocycles. The van der Waals surface area contributed by atoms with Gasteiger partial charge < -0.3 is 5.73 Å². The molecule has 0 fully saturated rings. The maximum absolute atomic E-state index is 5.89. The zero-order chi connectivity index (χ0) is 10.1. The number of halogens is 2. The van der Waals surface area contributed by atoms with Crippen LogP contribution in [0.2, 0.25) is 10.0 Å². The third-order valence-electron chi connectivity index (χ3n) is 1.91. The van der Waals surface area contributed by atoms with E-state index < -0.39 is 0 Å². The minimum absolute atomic E-state index is 0.149. The van der Waals surface area contributed by atoms with E-state index in [1.165, 1.54) is 0 Å². The first-order valence-corrected chi connectivity index (χ1v) is 4.87. The molecule has 14 heavy (non-hydrogen) atoms. The van der Waals surface area contributed by atoms with E-state index in [-0.39, 0.29) is 6.17 Å². The van der Waals surface area contributed by atoms with Crippen LogP contribution in [-0.4, -0.2) is 6.17 Å². The summed E-state index contributed by atoms with van der Waals surface area (Å²) in [6, 6.07) is 5.39. The number of rotatable bonds is 1. The second kappa shape index (κ2) is 3.79. The van der Waals surface area contributed by atoms with Crippen molar-refractivity contribution in [3.05, 3.63) is 40.5 Å². The third kappa shape index (κ3) is 1.86. The second-order valence-corrected chi connectivity index (χ2v) is 3.78. The predicted molar refractivity (Wildman–Crippen MR) is 59.2 cm³/mol. The number of nitrogens with zero attached hydrogens (tertiary/aromatic N) is 1. The second-order valence-electron chi connectivity index (χ2n) is 2.96. The van der Waals surface area contributed by atoms with Gasteiger partial charge in [-0.1, -0.05) is 23.2 Å². The summed E-state index contributed by atoms with van der Waals surface area (Å²) in [7, 11) is 0. The summed E-state index contributed by atoms with van der Waals surface area (Å²) < 4.78 is 0. The predicted octanol–water partition coefficient (Wildman–Crippen LogP) is 2.12. The summed E-state index contributed by atoms with van der Waals surface area (Å²) >= 11 is 11.7. The van der Waals surface area contributed by atoms with Crippen LogP contribution in [0.15, 0.2) is 30.5 Å². The molecule has 0 saturated carbocycles. The fourth-order valence-corrected chi connectivity index (χ4v) is 1.51. The van der Waals surface area contributed by atoms with Gasteiger partial charge in [0.25, 0.3) is 0 Å². The lowest BCUT2D eigenvalue weighted by molar-refractivity contribution is 0.659. The van der Waals surface area contributed by atoms with Crippen LogP contribution in [0.1, 0.15) is 0 Å². The molecule has 0 radical (unpaired) electrons. The minimum atomic E-state index is -0.149. The van der Waals surface area contributed by atoms with Crippen LogP contribution >= 0.6 is 23.2 Å². The van der Waals surface area contributed by atoms with Crippen molar-refractivity contribution in [3.63, 3.8) is 0 Å². The molecule has 1 unspecified atom stereocenters. The zero-order valence-corrected chi connectivity index (χ0v) is 8.76. The molecule has 1 aromatic carbocycles. The summed E-state index contributed by atoms with van der Waals surface area (Å²) in [5.41, 5.74) is 9.55. The molecule has 3 nitrogen and oxygen atoms in total. The van der Waals surface area contributed by atoms with Gasteiger partial charge in [-0.2, -0.15) is 0 Å². The Hall–Kier alpha value is -0.740. The highest BCUT2D eigenvalue weighted by molar-refractivity contribution is 6.42. The number of hydrogen-bond donors (Lipinski definition) is 2. The molecule has 74 valence electrons. The molecule has 3 N–H and O–H groups in total. The Kier molecular flexibility index (Phi) is 2.65. The van der Waals surface area contributed by atoms with Gasteiger partial charge in [-0.25, -0.2) is 5.43 Å². The Morgan fingerprint density at radius 1 is 1.29 bits per heavy atom. The van der Waals surface area contributed by atoms with Crippen molar-refractivity contribution in [2.24, 2.45) is 5.73 Å². The van der Waals surface area contributed by atoms with Gasteiger partial charge in [-0.15, -0.1) is 0 Å². The Morgan fingerprint density at radius 3 is 2.64 bits per heavy atom. The van der Waals surface area contributed by atoms with Crippen LogP contribution in [-0.2, 0) is 0 Å². The zero-order valence-electron chi connectivity index (χ0n) is 7.24. The highest BCUT2D eigenvalue weighted by Crippen LogP contribution is 2.27. The molecule has 0 saturated heterocycles. The van der Waals surface area contributed by atoms with Gasteiger partial charge in [0.15, 0.2) is 0 Å². The standard InChI is InChI=1S/C9H9Cl2N3/c10-7-2-1-6(5-8(7)11)14-4-3-9(12)13-14/h1-5,9,13H,12H2. The van der Waals surface area contributed by atoms with E-state index in [1.54, 1.807) is 17.1 Å². The van der Waals surface area contributed by atoms with Gasteiger partial charge in [0.1, 0.15) is 0 Å². The number of hydrogen-bond acceptors (Lipinski definition) is 3. The summed E-state index contributed by atoms with van der Waals surface area (Å²) in [4.78, 5) is 0. The molecule has 0 spiro atoms. The maximum Gasteiger partial charge on any atom is 0.0936 e. The molecule has 0 aromatic heterocycles. The summed E-state index contributed by atoms with van der Waals surface area (Å²) in [6.07, 6.45) is 3.55. The van der Waals surface area contributed by atoms with E-state index in [1.807, 2.05) is 18.3 Å². The number of nitrogens with two attached hydrogens (primary N) is 1. The van der Waals surface area contributed by atoms with Gasteiger partial charge in [-0.3, -0.25) is 5.01 Å². The molecule has 2 rings (SSSR count). The highest BCUT2D eigenvalue weighted by atomic mass is 35.5. The van der Waals surface area contributed by atoms with Gasteiger partial charge >= 0.3 is 0 Å². The number of nitrogens with one attached hydrogen (secondary N) is 1. The van der Waals surface area contributed by atoms with Crippen LogP contribution in [0.4, 0.5) is 5.69 Å². The fourth-order valence-electron chi connectivity index (χ4n) is 1.22. The van der Waals surface area contributed by atoms with E-state index in [0.29, 0.717) is 10.0 Å². The number of benzene rings is 1. The Bertz CT molecular complexity index is 378. The Morgan fingerprint density at radius 2 is 2.07 bits per heavy atom. The van der Waals surface area contributed by atoms with Crippen molar-refractivity contribution in [3.8, 4) is 0 Å². The lowest BCUT2D eigenvalue weighted by atomic mass is 10.3. The van der Waals surface area contributed by atoms with Crippen molar-refractivity contribution >= 4 is 28.9 Å². The highest BCUT2D eigenvalue weighted by Gasteiger charge is 2.12. The molecule has 1 aromatic rings. The van der Waals surface area contributed by atoms with Crippen molar-refractivity contribution < 1.29 is 0 Å². The molecule has 1 aliphatic rings. The van der Waals surface area contributed by atoms with Gasteiger partial charge in [0, 0.05) is 6.20 Å². The average Bonchev–Trinajstić information content (AvgIpc) is 2.57. The summed E-state index contributed by atoms with van der Waals surface area (Å²) in [6.45, 7) is 0. The molecule has 1 heterocycles. The van der Waals surface area contributed by atoms with E-state index in [0.717, 1.165) is 5.69 Å². The minimum Gasteiger partial charge on any atom is -0.311 e. The molecule has 0 bridgehead atoms. The van der Waals surface area contributed by atoms with E-state index in [4.69, 9.17) is 28.9 Å². The molecule has 0 aliphatic carbocycles. The maximum atomic E-state index is 5.89. The molecular weight excluding hydrogens is 221 g/mol. The van der Waals surface area contributed by atoms with E-state index in [9.17, 15) is 0 Å². The monoisotopic (exact) mass is 229 g/mol. The first-order chi connectivity index (χ1) is 6.66. The van der Waals surface area contributed by atoms with Crippen LogP contribution in [0.3, 0.4) is 0 Å². The molecular formula is C9H9Cl2N3. The van der Waals surface area contributed by atoms with Crippen LogP contribution in [0, 0.1) is 0 Å².